The molecule has 2 aliphatic rings. The third-order valence-electron chi connectivity index (χ3n) is 6.96. The number of benzene rings is 3. The molecule has 3 heterocycles. The number of piperazine rings is 1. The van der Waals surface area contributed by atoms with Gasteiger partial charge >= 0.3 is 0 Å². The van der Waals surface area contributed by atoms with Crippen LogP contribution in [0.15, 0.2) is 71.6 Å². The van der Waals surface area contributed by atoms with Crippen molar-refractivity contribution in [1.29, 1.82) is 0 Å². The molecule has 0 saturated carbocycles. The number of amides is 1. The van der Waals surface area contributed by atoms with E-state index < -0.39 is 10.0 Å². The first-order valence-electron chi connectivity index (χ1n) is 12.1. The van der Waals surface area contributed by atoms with E-state index in [-0.39, 0.29) is 10.8 Å². The maximum absolute atomic E-state index is 13.3. The molecule has 190 valence electrons. The predicted octanol–water partition coefficient (Wildman–Crippen LogP) is 4.02. The number of carbonyl (C=O) groups excluding carboxylic acids is 1. The van der Waals surface area contributed by atoms with Crippen LogP contribution in [-0.2, 0) is 16.4 Å². The lowest BCUT2D eigenvalue weighted by Gasteiger charge is -2.34. The van der Waals surface area contributed by atoms with Gasteiger partial charge in [-0.1, -0.05) is 29.5 Å². The first kappa shape index (κ1) is 23.7. The minimum atomic E-state index is -3.68. The molecular formula is C27H26N4O4S2. The number of anilines is 2. The van der Waals surface area contributed by atoms with Crippen molar-refractivity contribution in [2.75, 3.05) is 49.0 Å². The topological polar surface area (TPSA) is 83.0 Å². The van der Waals surface area contributed by atoms with Crippen LogP contribution in [0.2, 0.25) is 0 Å². The number of thiazole rings is 1. The van der Waals surface area contributed by atoms with Gasteiger partial charge in [0.05, 0.1) is 27.9 Å². The number of hydrogen-bond donors (Lipinski definition) is 0. The Morgan fingerprint density at radius 2 is 1.70 bits per heavy atom. The van der Waals surface area contributed by atoms with E-state index in [2.05, 4.69) is 4.90 Å². The normalized spacial score (nSPS) is 15.8. The summed E-state index contributed by atoms with van der Waals surface area (Å²) >= 11 is 1.62. The van der Waals surface area contributed by atoms with E-state index in [1.807, 2.05) is 47.4 Å². The van der Waals surface area contributed by atoms with Crippen molar-refractivity contribution >= 4 is 48.3 Å². The van der Waals surface area contributed by atoms with Crippen LogP contribution in [0.1, 0.15) is 15.9 Å². The smallest absolute Gasteiger partial charge is 0.264 e. The summed E-state index contributed by atoms with van der Waals surface area (Å²) in [6.45, 7) is 2.94. The Hall–Kier alpha value is -3.63. The molecule has 6 rings (SSSR count). The minimum absolute atomic E-state index is 0.0934. The lowest BCUT2D eigenvalue weighted by molar-refractivity contribution is 0.0746. The summed E-state index contributed by atoms with van der Waals surface area (Å²) in [5.41, 5.74) is 3.18. The van der Waals surface area contributed by atoms with Crippen molar-refractivity contribution in [2.45, 2.75) is 11.3 Å². The zero-order valence-electron chi connectivity index (χ0n) is 20.3. The second kappa shape index (κ2) is 9.35. The van der Waals surface area contributed by atoms with E-state index in [4.69, 9.17) is 9.72 Å². The molecule has 0 unspecified atom stereocenters. The SMILES string of the molecule is COc1ccc2nc(N3CCN(C(=O)c4ccc(S(=O)(=O)N5CCc6ccccc65)cc4)CC3)sc2c1. The van der Waals surface area contributed by atoms with E-state index in [0.29, 0.717) is 44.7 Å². The second-order valence-electron chi connectivity index (χ2n) is 9.09. The third kappa shape index (κ3) is 4.30. The number of sulfonamides is 1. The molecule has 1 amide bonds. The quantitative estimate of drug-likeness (QED) is 0.385. The molecule has 0 aliphatic carbocycles. The molecule has 4 aromatic rings. The van der Waals surface area contributed by atoms with Crippen molar-refractivity contribution in [1.82, 2.24) is 9.88 Å². The van der Waals surface area contributed by atoms with Crippen LogP contribution in [0.4, 0.5) is 10.8 Å². The van der Waals surface area contributed by atoms with Crippen LogP contribution in [0.25, 0.3) is 10.2 Å². The van der Waals surface area contributed by atoms with E-state index in [9.17, 15) is 13.2 Å². The van der Waals surface area contributed by atoms with Crippen molar-refractivity contribution in [3.63, 3.8) is 0 Å². The molecular weight excluding hydrogens is 508 g/mol. The fourth-order valence-electron chi connectivity index (χ4n) is 4.89. The van der Waals surface area contributed by atoms with Gasteiger partial charge in [0.25, 0.3) is 15.9 Å². The maximum Gasteiger partial charge on any atom is 0.264 e. The number of para-hydroxylation sites is 1. The molecule has 0 atom stereocenters. The molecule has 37 heavy (non-hydrogen) atoms. The van der Waals surface area contributed by atoms with Crippen LogP contribution in [0.3, 0.4) is 0 Å². The number of ether oxygens (including phenoxy) is 1. The van der Waals surface area contributed by atoms with E-state index in [1.165, 1.54) is 16.4 Å². The van der Waals surface area contributed by atoms with Crippen LogP contribution in [0.5, 0.6) is 5.75 Å². The highest BCUT2D eigenvalue weighted by Gasteiger charge is 2.31. The van der Waals surface area contributed by atoms with Crippen LogP contribution < -0.4 is 13.9 Å². The van der Waals surface area contributed by atoms with Crippen molar-refractivity contribution < 1.29 is 17.9 Å². The highest BCUT2D eigenvalue weighted by atomic mass is 32.2. The predicted molar refractivity (Wildman–Crippen MR) is 145 cm³/mol. The Bertz CT molecular complexity index is 1580. The van der Waals surface area contributed by atoms with E-state index >= 15 is 0 Å². The number of carbonyl (C=O) groups is 1. The summed E-state index contributed by atoms with van der Waals surface area (Å²) in [5, 5.41) is 0.938. The number of nitrogens with zero attached hydrogens (tertiary/aromatic N) is 4. The van der Waals surface area contributed by atoms with Gasteiger partial charge in [-0.3, -0.25) is 9.10 Å². The first-order chi connectivity index (χ1) is 17.9. The number of fused-ring (bicyclic) bond motifs is 2. The minimum Gasteiger partial charge on any atom is -0.497 e. The average Bonchev–Trinajstić information content (AvgIpc) is 3.57. The van der Waals surface area contributed by atoms with Gasteiger partial charge in [-0.2, -0.15) is 0 Å². The summed E-state index contributed by atoms with van der Waals surface area (Å²) in [6.07, 6.45) is 0.698. The van der Waals surface area contributed by atoms with Crippen LogP contribution in [0, 0.1) is 0 Å². The molecule has 0 N–H and O–H groups in total. The molecule has 3 aromatic carbocycles. The standard InChI is InChI=1S/C27H26N4O4S2/c1-35-21-8-11-23-25(18-21)36-27(28-23)30-16-14-29(15-17-30)26(32)20-6-9-22(10-7-20)37(33,34)31-13-12-19-4-2-3-5-24(19)31/h2-11,18H,12-17H2,1H3. The van der Waals surface area contributed by atoms with Gasteiger partial charge < -0.3 is 14.5 Å². The summed E-state index contributed by atoms with van der Waals surface area (Å²) in [4.78, 5) is 22.1. The zero-order valence-corrected chi connectivity index (χ0v) is 22.0. The summed E-state index contributed by atoms with van der Waals surface area (Å²) < 4.78 is 34.4. The highest BCUT2D eigenvalue weighted by molar-refractivity contribution is 7.92. The van der Waals surface area contributed by atoms with Crippen molar-refractivity contribution in [2.24, 2.45) is 0 Å². The molecule has 1 aromatic heterocycles. The third-order valence-corrected chi connectivity index (χ3v) is 9.86. The second-order valence-corrected chi connectivity index (χ2v) is 12.0. The fourth-order valence-corrected chi connectivity index (χ4v) is 7.44. The van der Waals surface area contributed by atoms with Crippen LogP contribution in [-0.4, -0.2) is 64.0 Å². The molecule has 1 fully saturated rings. The van der Waals surface area contributed by atoms with Gasteiger partial charge in [0.1, 0.15) is 5.75 Å². The molecule has 2 aliphatic heterocycles. The Labute approximate surface area is 219 Å². The number of methoxy groups -OCH3 is 1. The number of rotatable bonds is 5. The Kier molecular flexibility index (Phi) is 6.00. The van der Waals surface area contributed by atoms with E-state index in [0.717, 1.165) is 32.3 Å². The zero-order chi connectivity index (χ0) is 25.6. The molecule has 10 heteroatoms. The van der Waals surface area contributed by atoms with Crippen molar-refractivity contribution in [3.05, 3.63) is 77.9 Å². The Balaban J connectivity index is 1.12. The Morgan fingerprint density at radius 3 is 2.46 bits per heavy atom. The highest BCUT2D eigenvalue weighted by Crippen LogP contribution is 2.33. The molecule has 8 nitrogen and oxygen atoms in total. The first-order valence-corrected chi connectivity index (χ1v) is 14.4. The van der Waals surface area contributed by atoms with Gasteiger partial charge in [0.15, 0.2) is 5.13 Å². The monoisotopic (exact) mass is 534 g/mol. The van der Waals surface area contributed by atoms with Crippen molar-refractivity contribution in [3.8, 4) is 5.75 Å². The summed E-state index contributed by atoms with van der Waals surface area (Å²) in [6, 6.07) is 19.7. The van der Waals surface area contributed by atoms with Crippen LogP contribution >= 0.6 is 11.3 Å². The lowest BCUT2D eigenvalue weighted by Crippen LogP contribution is -2.48. The fraction of sp³-hybridized carbons (Fsp3) is 0.259. The maximum atomic E-state index is 13.3. The Morgan fingerprint density at radius 1 is 0.946 bits per heavy atom. The average molecular weight is 535 g/mol. The number of aromatic nitrogens is 1. The number of hydrogen-bond acceptors (Lipinski definition) is 7. The van der Waals surface area contributed by atoms with E-state index in [1.54, 1.807) is 30.6 Å². The van der Waals surface area contributed by atoms with Gasteiger partial charge in [-0.25, -0.2) is 13.4 Å². The lowest BCUT2D eigenvalue weighted by atomic mass is 10.2. The molecule has 0 spiro atoms. The summed E-state index contributed by atoms with van der Waals surface area (Å²) in [7, 11) is -2.03. The van der Waals surface area contributed by atoms with Gasteiger partial charge in [-0.05, 0) is 60.5 Å². The largest absolute Gasteiger partial charge is 0.497 e. The van der Waals surface area contributed by atoms with Gasteiger partial charge in [-0.15, -0.1) is 0 Å². The van der Waals surface area contributed by atoms with Gasteiger partial charge in [0, 0.05) is 38.3 Å². The summed E-state index contributed by atoms with van der Waals surface area (Å²) in [5.74, 6) is 0.714. The van der Waals surface area contributed by atoms with Gasteiger partial charge in [0.2, 0.25) is 0 Å². The molecule has 0 bridgehead atoms. The molecule has 1 saturated heterocycles. The molecule has 0 radical (unpaired) electrons.